The fourth-order valence-corrected chi connectivity index (χ4v) is 2.52. The van der Waals surface area contributed by atoms with E-state index in [0.717, 1.165) is 12.1 Å². The Morgan fingerprint density at radius 3 is 2.47 bits per heavy atom. The number of benzene rings is 1. The fourth-order valence-electron chi connectivity index (χ4n) is 1.09. The zero-order valence-electron chi connectivity index (χ0n) is 8.23. The van der Waals surface area contributed by atoms with Crippen molar-refractivity contribution in [3.8, 4) is 0 Å². The lowest BCUT2D eigenvalue weighted by atomic mass is 10.3. The molecule has 0 amide bonds. The molecule has 15 heavy (non-hydrogen) atoms. The first-order chi connectivity index (χ1) is 6.97. The molecule has 1 rings (SSSR count). The van der Waals surface area contributed by atoms with Crippen LogP contribution < -0.4 is 0 Å². The molecule has 0 saturated carbocycles. The topological polar surface area (TPSA) is 51.2 Å². The summed E-state index contributed by atoms with van der Waals surface area (Å²) >= 11 is 0. The number of halogens is 1. The first-order valence-electron chi connectivity index (χ1n) is 4.46. The average Bonchev–Trinajstić information content (AvgIpc) is 2.17. The van der Waals surface area contributed by atoms with Crippen molar-refractivity contribution in [3.05, 3.63) is 30.1 Å². The van der Waals surface area contributed by atoms with Crippen LogP contribution in [0.1, 0.15) is 13.3 Å². The summed E-state index contributed by atoms with van der Waals surface area (Å²) in [6.45, 7) is 1.57. The smallest absolute Gasteiger partial charge is 0.188 e. The highest BCUT2D eigenvalue weighted by atomic mass is 32.2. The fraction of sp³-hybridized carbons (Fsp3) is 0.300. The summed E-state index contributed by atoms with van der Waals surface area (Å²) < 4.78 is 36.3. The van der Waals surface area contributed by atoms with E-state index in [4.69, 9.17) is 0 Å². The van der Waals surface area contributed by atoms with Crippen molar-refractivity contribution in [2.45, 2.75) is 18.2 Å². The number of rotatable bonds is 4. The molecular formula is C10H11FO3S. The van der Waals surface area contributed by atoms with Gasteiger partial charge in [-0.05, 0) is 12.1 Å². The molecule has 0 saturated heterocycles. The second-order valence-electron chi connectivity index (χ2n) is 3.08. The minimum atomic E-state index is -3.83. The highest BCUT2D eigenvalue weighted by molar-refractivity contribution is 7.92. The van der Waals surface area contributed by atoms with Crippen LogP contribution in [0.5, 0.6) is 0 Å². The van der Waals surface area contributed by atoms with E-state index in [0.29, 0.717) is 0 Å². The monoisotopic (exact) mass is 230 g/mol. The van der Waals surface area contributed by atoms with Gasteiger partial charge in [-0.1, -0.05) is 19.1 Å². The van der Waals surface area contributed by atoms with E-state index in [-0.39, 0.29) is 6.42 Å². The van der Waals surface area contributed by atoms with E-state index in [1.807, 2.05) is 0 Å². The van der Waals surface area contributed by atoms with Crippen LogP contribution >= 0.6 is 0 Å². The molecule has 0 unspecified atom stereocenters. The van der Waals surface area contributed by atoms with Gasteiger partial charge in [-0.2, -0.15) is 0 Å². The number of hydrogen-bond acceptors (Lipinski definition) is 3. The van der Waals surface area contributed by atoms with Crippen molar-refractivity contribution in [1.29, 1.82) is 0 Å². The second kappa shape index (κ2) is 4.53. The lowest BCUT2D eigenvalue weighted by Crippen LogP contribution is -2.16. The Bertz CT molecular complexity index is 465. The molecule has 0 N–H and O–H groups in total. The van der Waals surface area contributed by atoms with Crippen molar-refractivity contribution in [1.82, 2.24) is 0 Å². The van der Waals surface area contributed by atoms with E-state index < -0.39 is 32.1 Å². The molecule has 82 valence electrons. The molecule has 3 nitrogen and oxygen atoms in total. The minimum Gasteiger partial charge on any atom is -0.299 e. The van der Waals surface area contributed by atoms with Gasteiger partial charge >= 0.3 is 0 Å². The van der Waals surface area contributed by atoms with Crippen LogP contribution in [0.3, 0.4) is 0 Å². The molecule has 0 aliphatic rings. The van der Waals surface area contributed by atoms with Crippen molar-refractivity contribution in [2.75, 3.05) is 5.75 Å². The molecule has 1 aromatic carbocycles. The minimum absolute atomic E-state index is 0.133. The molecule has 1 aromatic rings. The van der Waals surface area contributed by atoms with Crippen LogP contribution in [0.15, 0.2) is 29.2 Å². The molecule has 0 heterocycles. The Morgan fingerprint density at radius 1 is 1.33 bits per heavy atom. The Hall–Kier alpha value is -1.23. The van der Waals surface area contributed by atoms with Crippen molar-refractivity contribution < 1.29 is 17.6 Å². The molecule has 5 heteroatoms. The third-order valence-corrected chi connectivity index (χ3v) is 3.62. The maximum absolute atomic E-state index is 13.1. The van der Waals surface area contributed by atoms with Crippen LogP contribution in [0.25, 0.3) is 0 Å². The number of ketones is 1. The predicted molar refractivity (Wildman–Crippen MR) is 53.8 cm³/mol. The zero-order valence-corrected chi connectivity index (χ0v) is 9.05. The quantitative estimate of drug-likeness (QED) is 0.789. The third-order valence-electron chi connectivity index (χ3n) is 1.92. The third kappa shape index (κ3) is 2.86. The van der Waals surface area contributed by atoms with E-state index in [9.17, 15) is 17.6 Å². The van der Waals surface area contributed by atoms with Crippen LogP contribution in [0, 0.1) is 5.82 Å². The summed E-state index contributed by atoms with van der Waals surface area (Å²) in [4.78, 5) is 10.6. The van der Waals surface area contributed by atoms with Gasteiger partial charge in [0.05, 0.1) is 0 Å². The van der Waals surface area contributed by atoms with Crippen molar-refractivity contribution in [3.63, 3.8) is 0 Å². The molecule has 0 aromatic heterocycles. The first-order valence-corrected chi connectivity index (χ1v) is 6.11. The van der Waals surface area contributed by atoms with Gasteiger partial charge in [0, 0.05) is 6.42 Å². The van der Waals surface area contributed by atoms with Gasteiger partial charge in [0.1, 0.15) is 22.2 Å². The zero-order chi connectivity index (χ0) is 11.5. The van der Waals surface area contributed by atoms with Gasteiger partial charge in [-0.3, -0.25) is 4.79 Å². The van der Waals surface area contributed by atoms with Gasteiger partial charge < -0.3 is 0 Å². The summed E-state index contributed by atoms with van der Waals surface area (Å²) in [5.74, 6) is -1.87. The maximum Gasteiger partial charge on any atom is 0.188 e. The average molecular weight is 230 g/mol. The van der Waals surface area contributed by atoms with Crippen LogP contribution in [-0.2, 0) is 14.6 Å². The van der Waals surface area contributed by atoms with Gasteiger partial charge in [0.2, 0.25) is 0 Å². The second-order valence-corrected chi connectivity index (χ2v) is 5.04. The van der Waals surface area contributed by atoms with Crippen LogP contribution in [0.4, 0.5) is 4.39 Å². The number of carbonyl (C=O) groups excluding carboxylic acids is 1. The molecule has 0 aliphatic heterocycles. The van der Waals surface area contributed by atoms with E-state index >= 15 is 0 Å². The number of Topliss-reactive ketones (excluding diaryl/α,β-unsaturated/α-hetero) is 1. The number of sulfone groups is 1. The van der Waals surface area contributed by atoms with Gasteiger partial charge in [0.25, 0.3) is 0 Å². The molecule has 0 radical (unpaired) electrons. The molecule has 0 bridgehead atoms. The Morgan fingerprint density at radius 2 is 1.93 bits per heavy atom. The Balaban J connectivity index is 3.07. The summed E-state index contributed by atoms with van der Waals surface area (Å²) in [6.07, 6.45) is 0.133. The van der Waals surface area contributed by atoms with Gasteiger partial charge in [-0.25, -0.2) is 12.8 Å². The van der Waals surface area contributed by atoms with E-state index in [2.05, 4.69) is 0 Å². The highest BCUT2D eigenvalue weighted by Crippen LogP contribution is 2.15. The summed E-state index contributed by atoms with van der Waals surface area (Å²) in [6, 6.07) is 5.04. The van der Waals surface area contributed by atoms with Gasteiger partial charge in [0.15, 0.2) is 9.84 Å². The number of hydrogen-bond donors (Lipinski definition) is 0. The number of carbonyl (C=O) groups is 1. The Labute approximate surface area is 87.8 Å². The van der Waals surface area contributed by atoms with Crippen LogP contribution in [0.2, 0.25) is 0 Å². The molecule has 0 fully saturated rings. The summed E-state index contributed by atoms with van der Waals surface area (Å²) in [7, 11) is -3.83. The molecule has 0 atom stereocenters. The van der Waals surface area contributed by atoms with Crippen molar-refractivity contribution >= 4 is 15.6 Å². The van der Waals surface area contributed by atoms with E-state index in [1.165, 1.54) is 12.1 Å². The van der Waals surface area contributed by atoms with Gasteiger partial charge in [-0.15, -0.1) is 0 Å². The standard InChI is InChI=1S/C10H11FO3S/c1-2-8(12)7-15(13,14)10-6-4-3-5-9(10)11/h3-6H,2,7H2,1H3. The largest absolute Gasteiger partial charge is 0.299 e. The summed E-state index contributed by atoms with van der Waals surface area (Å²) in [5, 5.41) is 0. The normalized spacial score (nSPS) is 11.3. The van der Waals surface area contributed by atoms with E-state index in [1.54, 1.807) is 6.92 Å². The predicted octanol–water partition coefficient (Wildman–Crippen LogP) is 1.58. The molecule has 0 spiro atoms. The van der Waals surface area contributed by atoms with Crippen molar-refractivity contribution in [2.24, 2.45) is 0 Å². The first kappa shape index (κ1) is 11.8. The van der Waals surface area contributed by atoms with Crippen LogP contribution in [-0.4, -0.2) is 20.0 Å². The lowest BCUT2D eigenvalue weighted by Gasteiger charge is -2.03. The highest BCUT2D eigenvalue weighted by Gasteiger charge is 2.21. The molecular weight excluding hydrogens is 219 g/mol. The maximum atomic E-state index is 13.1. The lowest BCUT2D eigenvalue weighted by molar-refractivity contribution is -0.116. The SMILES string of the molecule is CCC(=O)CS(=O)(=O)c1ccccc1F. The Kier molecular flexibility index (Phi) is 3.57. The summed E-state index contributed by atoms with van der Waals surface area (Å²) in [5.41, 5.74) is 0. The molecule has 0 aliphatic carbocycles.